The number of halogens is 4. The molecule has 2 amide bonds. The van der Waals surface area contributed by atoms with Crippen molar-refractivity contribution in [2.75, 3.05) is 5.32 Å². The molecule has 180 valence electrons. The van der Waals surface area contributed by atoms with Crippen molar-refractivity contribution in [3.8, 4) is 5.82 Å². The molecule has 0 bridgehead atoms. The minimum atomic E-state index is -4.82. The molecule has 0 atom stereocenters. The van der Waals surface area contributed by atoms with Gasteiger partial charge in [-0.05, 0) is 38.1 Å². The normalized spacial score (nSPS) is 11.6. The largest absolute Gasteiger partial charge is 0.435 e. The van der Waals surface area contributed by atoms with Crippen LogP contribution in [0.15, 0.2) is 54.9 Å². The van der Waals surface area contributed by atoms with Crippen molar-refractivity contribution in [1.82, 2.24) is 25.1 Å². The minimum absolute atomic E-state index is 0.00900. The molecule has 35 heavy (non-hydrogen) atoms. The van der Waals surface area contributed by atoms with E-state index in [2.05, 4.69) is 25.7 Å². The fourth-order valence-corrected chi connectivity index (χ4v) is 3.58. The summed E-state index contributed by atoms with van der Waals surface area (Å²) in [6.07, 6.45) is -2.02. The number of amides is 2. The molecule has 4 aromatic rings. The molecule has 0 radical (unpaired) electrons. The molecule has 3 aromatic heterocycles. The highest BCUT2D eigenvalue weighted by molar-refractivity contribution is 6.32. The van der Waals surface area contributed by atoms with Crippen molar-refractivity contribution < 1.29 is 22.8 Å². The van der Waals surface area contributed by atoms with Crippen LogP contribution in [0.1, 0.15) is 40.4 Å². The number of nitrogens with one attached hydrogen (secondary N) is 2. The Hall–Kier alpha value is -3.99. The van der Waals surface area contributed by atoms with Crippen LogP contribution in [0.3, 0.4) is 0 Å². The first kappa shape index (κ1) is 24.1. The molecule has 0 saturated carbocycles. The highest BCUT2D eigenvalue weighted by Crippen LogP contribution is 2.31. The first-order chi connectivity index (χ1) is 16.6. The number of hydrogen-bond donors (Lipinski definition) is 2. The Bertz CT molecular complexity index is 1430. The van der Waals surface area contributed by atoms with Crippen LogP contribution in [0.2, 0.25) is 5.02 Å². The molecule has 3 heterocycles. The highest BCUT2D eigenvalue weighted by atomic mass is 35.5. The second kappa shape index (κ2) is 9.34. The SMILES string of the molecule is CC(C)NC(=O)c1c(NC(=O)c2cc(C(F)(F)F)nn2-c2ncccc2Cl)ccc2cccnc12. The second-order valence-corrected chi connectivity index (χ2v) is 8.19. The lowest BCUT2D eigenvalue weighted by atomic mass is 10.1. The van der Waals surface area contributed by atoms with Gasteiger partial charge >= 0.3 is 6.18 Å². The fraction of sp³-hybridized carbons (Fsp3) is 0.174. The zero-order chi connectivity index (χ0) is 25.3. The average Bonchev–Trinajstić information content (AvgIpc) is 3.24. The van der Waals surface area contributed by atoms with Gasteiger partial charge in [0, 0.05) is 29.9 Å². The van der Waals surface area contributed by atoms with E-state index < -0.39 is 29.4 Å². The first-order valence-corrected chi connectivity index (χ1v) is 10.7. The summed E-state index contributed by atoms with van der Waals surface area (Å²) in [5.41, 5.74) is -1.33. The number of carbonyl (C=O) groups is 2. The Balaban J connectivity index is 1.82. The lowest BCUT2D eigenvalue weighted by Crippen LogP contribution is -2.31. The smallest absolute Gasteiger partial charge is 0.350 e. The van der Waals surface area contributed by atoms with E-state index in [1.54, 1.807) is 32.0 Å². The molecule has 4 rings (SSSR count). The van der Waals surface area contributed by atoms with Gasteiger partial charge in [-0.3, -0.25) is 14.6 Å². The van der Waals surface area contributed by atoms with Crippen LogP contribution in [0.5, 0.6) is 0 Å². The number of hydrogen-bond acceptors (Lipinski definition) is 5. The van der Waals surface area contributed by atoms with Crippen LogP contribution in [-0.4, -0.2) is 37.6 Å². The van der Waals surface area contributed by atoms with E-state index >= 15 is 0 Å². The maximum absolute atomic E-state index is 13.4. The topological polar surface area (TPSA) is 102 Å². The molecule has 0 aliphatic rings. The van der Waals surface area contributed by atoms with Crippen LogP contribution < -0.4 is 10.6 Å². The maximum atomic E-state index is 13.4. The number of pyridine rings is 2. The van der Waals surface area contributed by atoms with Gasteiger partial charge in [0.2, 0.25) is 0 Å². The molecule has 12 heteroatoms. The van der Waals surface area contributed by atoms with E-state index in [9.17, 15) is 22.8 Å². The van der Waals surface area contributed by atoms with E-state index in [1.807, 2.05) is 0 Å². The highest BCUT2D eigenvalue weighted by Gasteiger charge is 2.36. The van der Waals surface area contributed by atoms with Crippen molar-refractivity contribution in [3.05, 3.63) is 76.8 Å². The molecule has 0 aliphatic heterocycles. The summed E-state index contributed by atoms with van der Waals surface area (Å²) in [5, 5.41) is 9.43. The van der Waals surface area contributed by atoms with Crippen LogP contribution in [0.4, 0.5) is 18.9 Å². The minimum Gasteiger partial charge on any atom is -0.350 e. The molecule has 8 nitrogen and oxygen atoms in total. The third kappa shape index (κ3) is 4.94. The maximum Gasteiger partial charge on any atom is 0.435 e. The number of carbonyl (C=O) groups excluding carboxylic acids is 2. The zero-order valence-electron chi connectivity index (χ0n) is 18.4. The number of alkyl halides is 3. The molecule has 0 aliphatic carbocycles. The number of nitrogens with zero attached hydrogens (tertiary/aromatic N) is 4. The summed E-state index contributed by atoms with van der Waals surface area (Å²) in [4.78, 5) is 34.4. The predicted octanol–water partition coefficient (Wildman–Crippen LogP) is 4.88. The van der Waals surface area contributed by atoms with Gasteiger partial charge in [-0.25, -0.2) is 9.67 Å². The van der Waals surface area contributed by atoms with Gasteiger partial charge in [-0.2, -0.15) is 18.3 Å². The Morgan fingerprint density at radius 1 is 1.03 bits per heavy atom. The lowest BCUT2D eigenvalue weighted by molar-refractivity contribution is -0.141. The van der Waals surface area contributed by atoms with Gasteiger partial charge in [-0.1, -0.05) is 23.7 Å². The van der Waals surface area contributed by atoms with Crippen molar-refractivity contribution in [1.29, 1.82) is 0 Å². The molecular weight excluding hydrogens is 485 g/mol. The third-order valence-electron chi connectivity index (χ3n) is 4.84. The number of fused-ring (bicyclic) bond motifs is 1. The Morgan fingerprint density at radius 3 is 2.43 bits per heavy atom. The summed E-state index contributed by atoms with van der Waals surface area (Å²) in [6.45, 7) is 3.53. The molecule has 0 unspecified atom stereocenters. The van der Waals surface area contributed by atoms with Gasteiger partial charge in [0.15, 0.2) is 11.5 Å². The van der Waals surface area contributed by atoms with Crippen LogP contribution in [0.25, 0.3) is 16.7 Å². The number of rotatable bonds is 5. The van der Waals surface area contributed by atoms with Crippen molar-refractivity contribution in [2.45, 2.75) is 26.1 Å². The van der Waals surface area contributed by atoms with Crippen molar-refractivity contribution in [2.24, 2.45) is 0 Å². The molecule has 0 saturated heterocycles. The van der Waals surface area contributed by atoms with Gasteiger partial charge < -0.3 is 10.6 Å². The van der Waals surface area contributed by atoms with Gasteiger partial charge in [-0.15, -0.1) is 0 Å². The average molecular weight is 503 g/mol. The van der Waals surface area contributed by atoms with Crippen molar-refractivity contribution >= 4 is 40.0 Å². The number of aromatic nitrogens is 4. The number of benzene rings is 1. The Morgan fingerprint density at radius 2 is 1.74 bits per heavy atom. The van der Waals surface area contributed by atoms with Gasteiger partial charge in [0.25, 0.3) is 11.8 Å². The predicted molar refractivity (Wildman–Crippen MR) is 124 cm³/mol. The third-order valence-corrected chi connectivity index (χ3v) is 5.14. The van der Waals surface area contributed by atoms with Crippen LogP contribution in [0, 0.1) is 0 Å². The molecule has 2 N–H and O–H groups in total. The Kier molecular flexibility index (Phi) is 6.44. The van der Waals surface area contributed by atoms with E-state index in [-0.39, 0.29) is 28.1 Å². The molecule has 0 spiro atoms. The van der Waals surface area contributed by atoms with E-state index in [1.165, 1.54) is 30.6 Å². The van der Waals surface area contributed by atoms with Crippen LogP contribution >= 0.6 is 11.6 Å². The van der Waals surface area contributed by atoms with E-state index in [0.717, 1.165) is 0 Å². The van der Waals surface area contributed by atoms with Crippen molar-refractivity contribution in [3.63, 3.8) is 0 Å². The quantitative estimate of drug-likeness (QED) is 0.405. The summed E-state index contributed by atoms with van der Waals surface area (Å²) < 4.78 is 41.0. The lowest BCUT2D eigenvalue weighted by Gasteiger charge is -2.15. The van der Waals surface area contributed by atoms with E-state index in [4.69, 9.17) is 11.6 Å². The van der Waals surface area contributed by atoms with Crippen LogP contribution in [-0.2, 0) is 6.18 Å². The van der Waals surface area contributed by atoms with Gasteiger partial charge in [0.1, 0.15) is 5.69 Å². The van der Waals surface area contributed by atoms with Gasteiger partial charge in [0.05, 0.1) is 21.8 Å². The summed E-state index contributed by atoms with van der Waals surface area (Å²) in [7, 11) is 0. The molecule has 1 aromatic carbocycles. The molecule has 0 fully saturated rings. The summed E-state index contributed by atoms with van der Waals surface area (Å²) in [6, 6.07) is 9.83. The molecular formula is C23H18ClF3N6O2. The fourth-order valence-electron chi connectivity index (χ4n) is 3.38. The first-order valence-electron chi connectivity index (χ1n) is 10.3. The summed E-state index contributed by atoms with van der Waals surface area (Å²) >= 11 is 6.10. The van der Waals surface area contributed by atoms with E-state index in [0.29, 0.717) is 21.7 Å². The zero-order valence-corrected chi connectivity index (χ0v) is 19.1. The number of anilines is 1. The monoisotopic (exact) mass is 502 g/mol. The summed E-state index contributed by atoms with van der Waals surface area (Å²) in [5.74, 6) is -1.62. The second-order valence-electron chi connectivity index (χ2n) is 7.78. The standard InChI is InChI=1S/C23H18ClF3N6O2/c1-12(2)30-22(35)18-15(8-7-13-5-3-9-28-19(13)18)31-21(34)16-11-17(23(25,26)27)32-33(16)20-14(24)6-4-10-29-20/h3-12H,1-2H3,(H,30,35)(H,31,34). The Labute approximate surface area is 202 Å².